The number of carbonyl (C=O) groups is 1. The summed E-state index contributed by atoms with van der Waals surface area (Å²) in [4.78, 5) is 17.4. The number of benzene rings is 2. The normalized spacial score (nSPS) is 12.1. The van der Waals surface area contributed by atoms with E-state index < -0.39 is 10.0 Å². The Morgan fingerprint density at radius 3 is 2.33 bits per heavy atom. The molecule has 0 saturated heterocycles. The van der Waals surface area contributed by atoms with Crippen LogP contribution in [0.2, 0.25) is 0 Å². The van der Waals surface area contributed by atoms with Gasteiger partial charge in [-0.1, -0.05) is 0 Å². The van der Waals surface area contributed by atoms with Gasteiger partial charge in [-0.15, -0.1) is 11.8 Å². The van der Waals surface area contributed by atoms with Crippen LogP contribution in [0.4, 0.5) is 11.4 Å². The molecule has 1 aromatic heterocycles. The first kappa shape index (κ1) is 21.7. The van der Waals surface area contributed by atoms with E-state index in [0.717, 1.165) is 10.6 Å². The minimum atomic E-state index is -3.74. The zero-order valence-electron chi connectivity index (χ0n) is 16.4. The summed E-state index contributed by atoms with van der Waals surface area (Å²) in [6, 6.07) is 16.7. The fourth-order valence-electron chi connectivity index (χ4n) is 2.51. The second-order valence-electron chi connectivity index (χ2n) is 6.30. The maximum atomic E-state index is 12.5. The van der Waals surface area contributed by atoms with Crippen LogP contribution in [0.3, 0.4) is 0 Å². The third-order valence-electron chi connectivity index (χ3n) is 4.09. The van der Waals surface area contributed by atoms with E-state index in [1.807, 2.05) is 24.3 Å². The zero-order valence-corrected chi connectivity index (χ0v) is 18.0. The molecular weight excluding hydrogens is 422 g/mol. The standard InChI is InChI=1S/C21H21N3O4S2/c1-15(29-19-9-7-18(28-2)8-10-19)21(25)23-16-5-11-20(12-6-16)30(26,27)24-17-4-3-13-22-14-17/h3-15,24H,1-2H3,(H,23,25)/t15-/m0/s1. The average Bonchev–Trinajstić information content (AvgIpc) is 2.75. The minimum absolute atomic E-state index is 0.0880. The van der Waals surface area contributed by atoms with Gasteiger partial charge in [0.05, 0.1) is 29.1 Å². The quantitative estimate of drug-likeness (QED) is 0.511. The van der Waals surface area contributed by atoms with E-state index in [1.165, 1.54) is 30.1 Å². The van der Waals surface area contributed by atoms with Gasteiger partial charge in [-0.2, -0.15) is 0 Å². The van der Waals surface area contributed by atoms with E-state index >= 15 is 0 Å². The molecule has 3 aromatic rings. The van der Waals surface area contributed by atoms with Crippen LogP contribution >= 0.6 is 11.8 Å². The van der Waals surface area contributed by atoms with Crippen LogP contribution in [0.5, 0.6) is 5.75 Å². The number of nitrogens with zero attached hydrogens (tertiary/aromatic N) is 1. The largest absolute Gasteiger partial charge is 0.497 e. The highest BCUT2D eigenvalue weighted by atomic mass is 32.2. The summed E-state index contributed by atoms with van der Waals surface area (Å²) < 4.78 is 32.5. The molecule has 0 spiro atoms. The lowest BCUT2D eigenvalue weighted by Gasteiger charge is -2.13. The number of pyridine rings is 1. The maximum absolute atomic E-state index is 12.5. The summed E-state index contributed by atoms with van der Waals surface area (Å²) in [6.07, 6.45) is 2.98. The molecule has 7 nitrogen and oxygen atoms in total. The van der Waals surface area contributed by atoms with Crippen LogP contribution in [-0.2, 0) is 14.8 Å². The molecule has 156 valence electrons. The molecule has 1 atom stereocenters. The van der Waals surface area contributed by atoms with Gasteiger partial charge in [0.15, 0.2) is 0 Å². The monoisotopic (exact) mass is 443 g/mol. The van der Waals surface area contributed by atoms with Crippen molar-refractivity contribution in [2.24, 2.45) is 0 Å². The van der Waals surface area contributed by atoms with Crippen molar-refractivity contribution in [3.63, 3.8) is 0 Å². The van der Waals surface area contributed by atoms with Crippen LogP contribution < -0.4 is 14.8 Å². The Balaban J connectivity index is 1.60. The number of anilines is 2. The van der Waals surface area contributed by atoms with Gasteiger partial charge < -0.3 is 10.1 Å². The van der Waals surface area contributed by atoms with Crippen LogP contribution in [0.25, 0.3) is 0 Å². The van der Waals surface area contributed by atoms with Gasteiger partial charge in [-0.3, -0.25) is 14.5 Å². The van der Waals surface area contributed by atoms with Crippen molar-refractivity contribution < 1.29 is 17.9 Å². The van der Waals surface area contributed by atoms with Crippen molar-refractivity contribution in [1.82, 2.24) is 4.98 Å². The van der Waals surface area contributed by atoms with Crippen molar-refractivity contribution >= 4 is 39.1 Å². The number of sulfonamides is 1. The number of nitrogens with one attached hydrogen (secondary N) is 2. The number of aromatic nitrogens is 1. The summed E-state index contributed by atoms with van der Waals surface area (Å²) in [5.41, 5.74) is 0.891. The first-order valence-corrected chi connectivity index (χ1v) is 11.4. The molecule has 0 fully saturated rings. The van der Waals surface area contributed by atoms with Gasteiger partial charge in [0.1, 0.15) is 5.75 Å². The minimum Gasteiger partial charge on any atom is -0.497 e. The van der Waals surface area contributed by atoms with E-state index in [-0.39, 0.29) is 16.1 Å². The molecule has 0 saturated carbocycles. The van der Waals surface area contributed by atoms with Crippen molar-refractivity contribution in [1.29, 1.82) is 0 Å². The number of rotatable bonds is 8. The van der Waals surface area contributed by atoms with Crippen molar-refractivity contribution in [3.05, 3.63) is 73.1 Å². The van der Waals surface area contributed by atoms with Gasteiger partial charge in [0.25, 0.3) is 10.0 Å². The van der Waals surface area contributed by atoms with Crippen molar-refractivity contribution in [2.45, 2.75) is 22.0 Å². The number of methoxy groups -OCH3 is 1. The first-order chi connectivity index (χ1) is 14.4. The van der Waals surface area contributed by atoms with Gasteiger partial charge >= 0.3 is 0 Å². The molecular formula is C21H21N3O4S2. The second-order valence-corrected chi connectivity index (χ2v) is 9.39. The van der Waals surface area contributed by atoms with Crippen LogP contribution in [-0.4, -0.2) is 31.7 Å². The molecule has 0 aliphatic carbocycles. The number of ether oxygens (including phenoxy) is 1. The molecule has 0 aliphatic rings. The highest BCUT2D eigenvalue weighted by Gasteiger charge is 2.17. The highest BCUT2D eigenvalue weighted by molar-refractivity contribution is 8.00. The van der Waals surface area contributed by atoms with Crippen molar-refractivity contribution in [2.75, 3.05) is 17.1 Å². The highest BCUT2D eigenvalue weighted by Crippen LogP contribution is 2.26. The average molecular weight is 444 g/mol. The molecule has 0 radical (unpaired) electrons. The van der Waals surface area contributed by atoms with Crippen LogP contribution in [0, 0.1) is 0 Å². The molecule has 2 aromatic carbocycles. The van der Waals surface area contributed by atoms with E-state index in [4.69, 9.17) is 4.74 Å². The van der Waals surface area contributed by atoms with E-state index in [1.54, 1.807) is 44.5 Å². The summed E-state index contributed by atoms with van der Waals surface area (Å²) >= 11 is 1.42. The fraction of sp³-hybridized carbons (Fsp3) is 0.143. The third kappa shape index (κ3) is 5.74. The molecule has 0 unspecified atom stereocenters. The third-order valence-corrected chi connectivity index (χ3v) is 6.60. The first-order valence-electron chi connectivity index (χ1n) is 9.02. The number of amides is 1. The fourth-order valence-corrected chi connectivity index (χ4v) is 4.42. The summed E-state index contributed by atoms with van der Waals surface area (Å²) in [5.74, 6) is 0.574. The van der Waals surface area contributed by atoms with Crippen molar-refractivity contribution in [3.8, 4) is 5.75 Å². The topological polar surface area (TPSA) is 97.4 Å². The summed E-state index contributed by atoms with van der Waals surface area (Å²) in [6.45, 7) is 1.81. The number of thioether (sulfide) groups is 1. The molecule has 3 rings (SSSR count). The number of hydrogen-bond donors (Lipinski definition) is 2. The number of carbonyl (C=O) groups excluding carboxylic acids is 1. The molecule has 30 heavy (non-hydrogen) atoms. The molecule has 9 heteroatoms. The van der Waals surface area contributed by atoms with E-state index in [2.05, 4.69) is 15.0 Å². The number of hydrogen-bond acceptors (Lipinski definition) is 6. The Morgan fingerprint density at radius 1 is 1.03 bits per heavy atom. The zero-order chi connectivity index (χ0) is 21.6. The molecule has 0 bridgehead atoms. The molecule has 1 amide bonds. The Bertz CT molecular complexity index is 1090. The SMILES string of the molecule is COc1ccc(S[C@@H](C)C(=O)Nc2ccc(S(=O)(=O)Nc3cccnc3)cc2)cc1. The lowest BCUT2D eigenvalue weighted by molar-refractivity contribution is -0.115. The van der Waals surface area contributed by atoms with Crippen LogP contribution in [0.1, 0.15) is 6.92 Å². The molecule has 1 heterocycles. The smallest absolute Gasteiger partial charge is 0.261 e. The van der Waals surface area contributed by atoms with E-state index in [0.29, 0.717) is 11.4 Å². The lowest BCUT2D eigenvalue weighted by atomic mass is 10.3. The van der Waals surface area contributed by atoms with Crippen LogP contribution in [0.15, 0.2) is 82.8 Å². The maximum Gasteiger partial charge on any atom is 0.261 e. The summed E-state index contributed by atoms with van der Waals surface area (Å²) in [7, 11) is -2.14. The predicted molar refractivity (Wildman–Crippen MR) is 118 cm³/mol. The Labute approximate surface area is 179 Å². The van der Waals surface area contributed by atoms with Gasteiger partial charge in [0, 0.05) is 16.8 Å². The van der Waals surface area contributed by atoms with Gasteiger partial charge in [-0.05, 0) is 67.6 Å². The Kier molecular flexibility index (Phi) is 6.96. The molecule has 2 N–H and O–H groups in total. The predicted octanol–water partition coefficient (Wildman–Crippen LogP) is 4.01. The van der Waals surface area contributed by atoms with E-state index in [9.17, 15) is 13.2 Å². The second kappa shape index (κ2) is 9.64. The lowest BCUT2D eigenvalue weighted by Crippen LogP contribution is -2.22. The van der Waals surface area contributed by atoms with Gasteiger partial charge in [0.2, 0.25) is 5.91 Å². The summed E-state index contributed by atoms with van der Waals surface area (Å²) in [5, 5.41) is 2.46. The Hall–Kier alpha value is -3.04. The van der Waals surface area contributed by atoms with Gasteiger partial charge in [-0.25, -0.2) is 8.42 Å². The Morgan fingerprint density at radius 2 is 1.73 bits per heavy atom. The molecule has 0 aliphatic heterocycles.